The van der Waals surface area contributed by atoms with E-state index >= 15 is 0 Å². The summed E-state index contributed by atoms with van der Waals surface area (Å²) in [5.74, 6) is -1.28. The van der Waals surface area contributed by atoms with Gasteiger partial charge in [-0.15, -0.1) is 0 Å². The molecule has 0 bridgehead atoms. The molecule has 9 nitrogen and oxygen atoms in total. The number of carbonyl (C=O) groups excluding carboxylic acids is 2. The van der Waals surface area contributed by atoms with E-state index in [1.807, 2.05) is 0 Å². The van der Waals surface area contributed by atoms with Gasteiger partial charge in [-0.1, -0.05) is 0 Å². The first-order valence-electron chi connectivity index (χ1n) is 10.1. The first kappa shape index (κ1) is 20.1. The van der Waals surface area contributed by atoms with Crippen LogP contribution in [0.1, 0.15) is 41.6 Å². The Morgan fingerprint density at radius 3 is 2.66 bits per heavy atom. The van der Waals surface area contributed by atoms with Crippen molar-refractivity contribution >= 4 is 17.7 Å². The average Bonchev–Trinajstić information content (AvgIpc) is 3.34. The number of aliphatic hydroxyl groups is 1. The maximum atomic E-state index is 13.1. The first-order chi connectivity index (χ1) is 15.3. The number of ether oxygens (including phenoxy) is 1. The number of aromatic amines is 1. The minimum absolute atomic E-state index is 0.0363. The van der Waals surface area contributed by atoms with E-state index in [1.165, 1.54) is 30.6 Å². The summed E-state index contributed by atoms with van der Waals surface area (Å²) in [5.41, 5.74) is -0.618. The van der Waals surface area contributed by atoms with E-state index in [-0.39, 0.29) is 37.3 Å². The molecule has 0 saturated heterocycles. The van der Waals surface area contributed by atoms with E-state index < -0.39 is 23.1 Å². The fourth-order valence-corrected chi connectivity index (χ4v) is 4.37. The minimum Gasteiger partial charge on any atom is -0.619 e. The van der Waals surface area contributed by atoms with Crippen molar-refractivity contribution < 1.29 is 28.6 Å². The highest BCUT2D eigenvalue weighted by molar-refractivity contribution is 5.97. The van der Waals surface area contributed by atoms with Crippen LogP contribution in [0.2, 0.25) is 0 Å². The number of benzene rings is 1. The highest BCUT2D eigenvalue weighted by atomic mass is 19.1. The third kappa shape index (κ3) is 3.28. The number of esters is 1. The first-order valence-corrected chi connectivity index (χ1v) is 10.1. The Kier molecular flexibility index (Phi) is 4.48. The largest absolute Gasteiger partial charge is 0.619 e. The number of hydrogen-bond acceptors (Lipinski definition) is 6. The Labute approximate surface area is 181 Å². The number of amides is 1. The highest BCUT2D eigenvalue weighted by Gasteiger charge is 2.54. The van der Waals surface area contributed by atoms with E-state index in [4.69, 9.17) is 4.74 Å². The molecule has 1 fully saturated rings. The molecule has 2 aromatic heterocycles. The lowest BCUT2D eigenvalue weighted by Gasteiger charge is -2.39. The van der Waals surface area contributed by atoms with Crippen molar-refractivity contribution in [3.63, 3.8) is 0 Å². The molecule has 1 amide bonds. The van der Waals surface area contributed by atoms with Crippen LogP contribution in [0.3, 0.4) is 0 Å². The molecule has 2 aliphatic rings. The van der Waals surface area contributed by atoms with Crippen molar-refractivity contribution in [3.05, 3.63) is 70.9 Å². The van der Waals surface area contributed by atoms with E-state index in [1.54, 1.807) is 18.2 Å². The van der Waals surface area contributed by atoms with Crippen LogP contribution in [0.15, 0.2) is 48.8 Å². The number of fused-ring (bicyclic) bond motifs is 2. The zero-order valence-electron chi connectivity index (χ0n) is 16.8. The fourth-order valence-electron chi connectivity index (χ4n) is 4.37. The number of hydrogen-bond donors (Lipinski definition) is 3. The van der Waals surface area contributed by atoms with Crippen LogP contribution in [0.25, 0.3) is 11.3 Å². The number of H-pyrrole nitrogens is 1. The van der Waals surface area contributed by atoms with Crippen LogP contribution in [0.4, 0.5) is 10.2 Å². The van der Waals surface area contributed by atoms with E-state index in [0.29, 0.717) is 27.1 Å². The van der Waals surface area contributed by atoms with Gasteiger partial charge in [0.05, 0.1) is 16.8 Å². The van der Waals surface area contributed by atoms with Gasteiger partial charge < -0.3 is 20.4 Å². The molecular formula is C22H19FN4O5. The summed E-state index contributed by atoms with van der Waals surface area (Å²) in [6, 6.07) is 8.79. The van der Waals surface area contributed by atoms with Crippen molar-refractivity contribution in [2.45, 2.75) is 36.9 Å². The monoisotopic (exact) mass is 438 g/mol. The number of nitrogens with zero attached hydrogens (tertiary/aromatic N) is 2. The summed E-state index contributed by atoms with van der Waals surface area (Å²) in [7, 11) is 0. The summed E-state index contributed by atoms with van der Waals surface area (Å²) < 4.78 is 19.3. The van der Waals surface area contributed by atoms with Gasteiger partial charge in [0.1, 0.15) is 17.0 Å². The number of nitrogens with one attached hydrogen (secondary N) is 2. The summed E-state index contributed by atoms with van der Waals surface area (Å²) in [5, 5.41) is 32.1. The predicted octanol–water partition coefficient (Wildman–Crippen LogP) is 2.16. The minimum atomic E-state index is -1.68. The van der Waals surface area contributed by atoms with Gasteiger partial charge in [0, 0.05) is 12.1 Å². The molecule has 3 N–H and O–H groups in total. The van der Waals surface area contributed by atoms with Crippen LogP contribution in [0.5, 0.6) is 0 Å². The number of carbonyl (C=O) groups is 2. The molecule has 1 spiro atoms. The van der Waals surface area contributed by atoms with Crippen LogP contribution in [-0.4, -0.2) is 32.8 Å². The zero-order chi connectivity index (χ0) is 22.5. The molecule has 0 radical (unpaired) electrons. The number of aromatic nitrogens is 3. The molecule has 10 heteroatoms. The second-order valence-electron chi connectivity index (χ2n) is 8.18. The Balaban J connectivity index is 1.29. The maximum Gasteiger partial charge on any atom is 0.339 e. The van der Waals surface area contributed by atoms with Crippen molar-refractivity contribution in [2.75, 3.05) is 5.32 Å². The van der Waals surface area contributed by atoms with Crippen LogP contribution < -0.4 is 10.0 Å². The lowest BCUT2D eigenvalue weighted by molar-refractivity contribution is -0.606. The SMILES string of the molecule is O=C1OC2(CCC(O)(C(=O)Nc3cc(-c4ccc(F)cc4)[nH]n3)CC2)c2c[n+]([O-])ccc21. The zero-order valence-corrected chi connectivity index (χ0v) is 16.8. The molecule has 0 unspecified atom stereocenters. The number of pyridine rings is 1. The molecular weight excluding hydrogens is 419 g/mol. The van der Waals surface area contributed by atoms with E-state index in [2.05, 4.69) is 15.5 Å². The Morgan fingerprint density at radius 2 is 1.94 bits per heavy atom. The number of rotatable bonds is 3. The summed E-state index contributed by atoms with van der Waals surface area (Å²) in [6.07, 6.45) is 3.01. The topological polar surface area (TPSA) is 131 Å². The molecule has 1 aliphatic heterocycles. The highest BCUT2D eigenvalue weighted by Crippen LogP contribution is 2.48. The normalized spacial score (nSPS) is 24.2. The molecule has 0 atom stereocenters. The van der Waals surface area contributed by atoms with Gasteiger partial charge in [-0.3, -0.25) is 9.89 Å². The molecule has 3 aromatic rings. The third-order valence-corrected chi connectivity index (χ3v) is 6.22. The molecule has 32 heavy (non-hydrogen) atoms. The van der Waals surface area contributed by atoms with Gasteiger partial charge in [-0.2, -0.15) is 9.83 Å². The second-order valence-corrected chi connectivity index (χ2v) is 8.18. The van der Waals surface area contributed by atoms with Gasteiger partial charge in [0.15, 0.2) is 18.2 Å². The molecule has 1 aliphatic carbocycles. The van der Waals surface area contributed by atoms with Crippen molar-refractivity contribution in [3.8, 4) is 11.3 Å². The molecule has 5 rings (SSSR count). The predicted molar refractivity (Wildman–Crippen MR) is 109 cm³/mol. The molecule has 1 saturated carbocycles. The second kappa shape index (κ2) is 7.13. The maximum absolute atomic E-state index is 13.1. The lowest BCUT2D eigenvalue weighted by Crippen LogP contribution is -2.49. The Hall–Kier alpha value is -3.79. The van der Waals surface area contributed by atoms with Crippen LogP contribution in [0, 0.1) is 11.0 Å². The molecule has 1 aromatic carbocycles. The average molecular weight is 438 g/mol. The van der Waals surface area contributed by atoms with Crippen molar-refractivity contribution in [2.24, 2.45) is 0 Å². The third-order valence-electron chi connectivity index (χ3n) is 6.22. The van der Waals surface area contributed by atoms with Gasteiger partial charge >= 0.3 is 5.97 Å². The summed E-state index contributed by atoms with van der Waals surface area (Å²) >= 11 is 0. The standard InChI is InChI=1S/C22H19FN4O5/c23-14-3-1-13(2-4-14)17-11-18(26-25-17)24-20(29)21(30)6-8-22(9-7-21)16-12-27(31)10-5-15(16)19(28)32-22/h1-5,10-12,30H,6-9H2,(H2,24,25,26,29). The Bertz CT molecular complexity index is 1220. The van der Waals surface area contributed by atoms with Gasteiger partial charge in [0.25, 0.3) is 5.91 Å². The van der Waals surface area contributed by atoms with Crippen LogP contribution >= 0.6 is 0 Å². The van der Waals surface area contributed by atoms with Crippen molar-refractivity contribution in [1.82, 2.24) is 10.2 Å². The van der Waals surface area contributed by atoms with E-state index in [0.717, 1.165) is 0 Å². The van der Waals surface area contributed by atoms with Gasteiger partial charge in [0.2, 0.25) is 0 Å². The fraction of sp³-hybridized carbons (Fsp3) is 0.273. The lowest BCUT2D eigenvalue weighted by atomic mass is 9.73. The van der Waals surface area contributed by atoms with Gasteiger partial charge in [-0.05, 0) is 55.5 Å². The van der Waals surface area contributed by atoms with Crippen molar-refractivity contribution in [1.29, 1.82) is 0 Å². The van der Waals surface area contributed by atoms with Crippen LogP contribution in [-0.2, 0) is 15.1 Å². The molecule has 164 valence electrons. The number of anilines is 1. The smallest absolute Gasteiger partial charge is 0.339 e. The van der Waals surface area contributed by atoms with Gasteiger partial charge in [-0.25, -0.2) is 9.18 Å². The Morgan fingerprint density at radius 1 is 1.22 bits per heavy atom. The number of halogens is 1. The molecule has 3 heterocycles. The summed E-state index contributed by atoms with van der Waals surface area (Å²) in [6.45, 7) is 0. The summed E-state index contributed by atoms with van der Waals surface area (Å²) in [4.78, 5) is 25.0. The quantitative estimate of drug-likeness (QED) is 0.326. The van der Waals surface area contributed by atoms with E-state index in [9.17, 15) is 24.3 Å².